The number of nitrogens with zero attached hydrogens (tertiary/aromatic N) is 2. The quantitative estimate of drug-likeness (QED) is 0.579. The van der Waals surface area contributed by atoms with Crippen molar-refractivity contribution in [2.75, 3.05) is 19.6 Å². The number of hydrogen-bond donors (Lipinski definition) is 1. The Hall–Kier alpha value is -2.66. The minimum atomic E-state index is -0.316. The molecule has 128 valence electrons. The number of nitro benzene ring substituents is 1. The fraction of sp³-hybridized carbons (Fsp3) is 0.300. The molecule has 0 saturated heterocycles. The lowest BCUT2D eigenvalue weighted by Crippen LogP contribution is -2.28. The second-order valence-corrected chi connectivity index (χ2v) is 6.61. The van der Waals surface area contributed by atoms with Crippen LogP contribution in [0.3, 0.4) is 0 Å². The molecule has 1 aromatic heterocycles. The Balaban J connectivity index is 1.87. The first kappa shape index (κ1) is 15.8. The first-order valence-corrected chi connectivity index (χ1v) is 8.73. The van der Waals surface area contributed by atoms with Crippen molar-refractivity contribution < 1.29 is 4.92 Å². The zero-order valence-corrected chi connectivity index (χ0v) is 14.2. The van der Waals surface area contributed by atoms with Crippen molar-refractivity contribution in [3.8, 4) is 0 Å². The molecule has 0 fully saturated rings. The number of aromatic amines is 1. The van der Waals surface area contributed by atoms with E-state index in [1.165, 1.54) is 16.6 Å². The molecule has 0 saturated carbocycles. The van der Waals surface area contributed by atoms with Crippen molar-refractivity contribution in [1.29, 1.82) is 0 Å². The van der Waals surface area contributed by atoms with Crippen LogP contribution >= 0.6 is 0 Å². The smallest absolute Gasteiger partial charge is 0.269 e. The van der Waals surface area contributed by atoms with Gasteiger partial charge in [-0.2, -0.15) is 0 Å². The van der Waals surface area contributed by atoms with E-state index in [1.54, 1.807) is 18.2 Å². The molecule has 4 rings (SSSR count). The average molecular weight is 335 g/mol. The molecule has 1 N–H and O–H groups in total. The molecular formula is C20H21N3O2. The largest absolute Gasteiger partial charge is 0.358 e. The Morgan fingerprint density at radius 1 is 1.24 bits per heavy atom. The number of non-ortho nitro benzene ring substituents is 1. The minimum Gasteiger partial charge on any atom is -0.358 e. The van der Waals surface area contributed by atoms with E-state index in [0.717, 1.165) is 37.1 Å². The Morgan fingerprint density at radius 2 is 2.08 bits per heavy atom. The molecule has 0 bridgehead atoms. The van der Waals surface area contributed by atoms with Gasteiger partial charge >= 0.3 is 0 Å². The molecule has 1 aliphatic rings. The van der Waals surface area contributed by atoms with E-state index in [0.29, 0.717) is 0 Å². The number of hydrogen-bond acceptors (Lipinski definition) is 3. The molecular weight excluding hydrogens is 314 g/mol. The van der Waals surface area contributed by atoms with E-state index in [9.17, 15) is 10.1 Å². The number of H-pyrrole nitrogens is 1. The van der Waals surface area contributed by atoms with Crippen LogP contribution in [0.25, 0.3) is 10.9 Å². The number of rotatable bonds is 3. The molecule has 0 aliphatic carbocycles. The molecule has 3 aromatic rings. The van der Waals surface area contributed by atoms with Gasteiger partial charge in [-0.25, -0.2) is 0 Å². The van der Waals surface area contributed by atoms with Crippen molar-refractivity contribution in [1.82, 2.24) is 9.88 Å². The summed E-state index contributed by atoms with van der Waals surface area (Å²) in [6.45, 7) is 5.03. The maximum atomic E-state index is 11.2. The van der Waals surface area contributed by atoms with E-state index in [-0.39, 0.29) is 16.5 Å². The van der Waals surface area contributed by atoms with E-state index in [1.807, 2.05) is 12.1 Å². The molecule has 25 heavy (non-hydrogen) atoms. The van der Waals surface area contributed by atoms with Crippen LogP contribution in [-0.4, -0.2) is 34.4 Å². The van der Waals surface area contributed by atoms with Crippen LogP contribution in [0.2, 0.25) is 0 Å². The second kappa shape index (κ2) is 6.33. The Morgan fingerprint density at radius 3 is 2.88 bits per heavy atom. The Kier molecular flexibility index (Phi) is 4.01. The molecule has 2 aromatic carbocycles. The third kappa shape index (κ3) is 2.81. The maximum Gasteiger partial charge on any atom is 0.269 e. The molecule has 5 nitrogen and oxygen atoms in total. The van der Waals surface area contributed by atoms with Gasteiger partial charge in [-0.3, -0.25) is 10.1 Å². The summed E-state index contributed by atoms with van der Waals surface area (Å²) in [6, 6.07) is 15.5. The van der Waals surface area contributed by atoms with Crippen LogP contribution in [0.4, 0.5) is 5.69 Å². The van der Waals surface area contributed by atoms with Gasteiger partial charge in [0.2, 0.25) is 0 Å². The summed E-state index contributed by atoms with van der Waals surface area (Å²) < 4.78 is 0. The zero-order chi connectivity index (χ0) is 17.4. The number of benzene rings is 2. The summed E-state index contributed by atoms with van der Waals surface area (Å²) in [7, 11) is 0. The van der Waals surface area contributed by atoms with E-state index >= 15 is 0 Å². The third-order valence-electron chi connectivity index (χ3n) is 5.24. The molecule has 1 aliphatic heterocycles. The Bertz CT molecular complexity index is 932. The molecule has 2 heterocycles. The molecule has 0 radical (unpaired) electrons. The molecule has 1 unspecified atom stereocenters. The van der Waals surface area contributed by atoms with Crippen LogP contribution < -0.4 is 0 Å². The highest BCUT2D eigenvalue weighted by atomic mass is 16.6. The summed E-state index contributed by atoms with van der Waals surface area (Å²) in [5, 5.41) is 12.5. The van der Waals surface area contributed by atoms with Crippen LogP contribution in [0.1, 0.15) is 29.7 Å². The van der Waals surface area contributed by atoms with Crippen molar-refractivity contribution in [3.63, 3.8) is 0 Å². The monoisotopic (exact) mass is 335 g/mol. The first-order chi connectivity index (χ1) is 12.2. The van der Waals surface area contributed by atoms with Gasteiger partial charge in [0.05, 0.1) is 4.92 Å². The summed E-state index contributed by atoms with van der Waals surface area (Å²) >= 11 is 0. The SMILES string of the molecule is CCN1CCc2c([nH]c3ccccc23)C(c2cccc([N+](=O)[O-])c2)C1. The summed E-state index contributed by atoms with van der Waals surface area (Å²) in [5.41, 5.74) is 4.86. The predicted octanol–water partition coefficient (Wildman–Crippen LogP) is 4.09. The van der Waals surface area contributed by atoms with E-state index < -0.39 is 0 Å². The molecule has 1 atom stereocenters. The first-order valence-electron chi connectivity index (χ1n) is 8.73. The number of likely N-dealkylation sites (N-methyl/N-ethyl adjacent to an activating group) is 1. The van der Waals surface area contributed by atoms with Gasteiger partial charge in [0.1, 0.15) is 0 Å². The normalized spacial score (nSPS) is 18.0. The third-order valence-corrected chi connectivity index (χ3v) is 5.24. The fourth-order valence-electron chi connectivity index (χ4n) is 3.91. The highest BCUT2D eigenvalue weighted by Gasteiger charge is 2.27. The number of aromatic nitrogens is 1. The van der Waals surface area contributed by atoms with Gasteiger partial charge in [0.15, 0.2) is 0 Å². The van der Waals surface area contributed by atoms with Crippen molar-refractivity contribution >= 4 is 16.6 Å². The highest BCUT2D eigenvalue weighted by Crippen LogP contribution is 2.36. The fourth-order valence-corrected chi connectivity index (χ4v) is 3.91. The van der Waals surface area contributed by atoms with Gasteiger partial charge in [0, 0.05) is 47.7 Å². The number of fused-ring (bicyclic) bond motifs is 3. The summed E-state index contributed by atoms with van der Waals surface area (Å²) in [6.07, 6.45) is 0.999. The standard InChI is InChI=1S/C20H21N3O2/c1-2-22-11-10-17-16-8-3-4-9-19(16)21-20(17)18(13-22)14-6-5-7-15(12-14)23(24)25/h3-9,12,18,21H,2,10-11,13H2,1H3. The molecule has 5 heteroatoms. The summed E-state index contributed by atoms with van der Waals surface area (Å²) in [5.74, 6) is 0.116. The summed E-state index contributed by atoms with van der Waals surface area (Å²) in [4.78, 5) is 16.9. The highest BCUT2D eigenvalue weighted by molar-refractivity contribution is 5.85. The van der Waals surface area contributed by atoms with E-state index in [2.05, 4.69) is 35.0 Å². The maximum absolute atomic E-state index is 11.2. The lowest BCUT2D eigenvalue weighted by molar-refractivity contribution is -0.384. The second-order valence-electron chi connectivity index (χ2n) is 6.61. The van der Waals surface area contributed by atoms with Crippen molar-refractivity contribution in [2.24, 2.45) is 0 Å². The number of nitro groups is 1. The van der Waals surface area contributed by atoms with Gasteiger partial charge in [0.25, 0.3) is 5.69 Å². The Labute approximate surface area is 146 Å². The zero-order valence-electron chi connectivity index (χ0n) is 14.2. The van der Waals surface area contributed by atoms with Gasteiger partial charge in [-0.1, -0.05) is 37.3 Å². The van der Waals surface area contributed by atoms with E-state index in [4.69, 9.17) is 0 Å². The van der Waals surface area contributed by atoms with Crippen LogP contribution in [0.5, 0.6) is 0 Å². The lowest BCUT2D eigenvalue weighted by atomic mass is 9.92. The minimum absolute atomic E-state index is 0.116. The van der Waals surface area contributed by atoms with Crippen molar-refractivity contribution in [3.05, 3.63) is 75.5 Å². The van der Waals surface area contributed by atoms with Gasteiger partial charge < -0.3 is 9.88 Å². The van der Waals surface area contributed by atoms with Gasteiger partial charge in [-0.15, -0.1) is 0 Å². The predicted molar refractivity (Wildman–Crippen MR) is 99.1 cm³/mol. The van der Waals surface area contributed by atoms with Crippen LogP contribution in [0, 0.1) is 10.1 Å². The van der Waals surface area contributed by atoms with Crippen LogP contribution in [-0.2, 0) is 6.42 Å². The molecule has 0 amide bonds. The topological polar surface area (TPSA) is 62.2 Å². The lowest BCUT2D eigenvalue weighted by Gasteiger charge is -2.23. The average Bonchev–Trinajstić information content (AvgIpc) is 2.90. The van der Waals surface area contributed by atoms with Crippen molar-refractivity contribution in [2.45, 2.75) is 19.3 Å². The number of nitrogens with one attached hydrogen (secondary N) is 1. The van der Waals surface area contributed by atoms with Gasteiger partial charge in [-0.05, 0) is 30.2 Å². The number of para-hydroxylation sites is 1. The molecule has 0 spiro atoms. The van der Waals surface area contributed by atoms with Crippen LogP contribution in [0.15, 0.2) is 48.5 Å².